The summed E-state index contributed by atoms with van der Waals surface area (Å²) in [6, 6.07) is 6.25. The molecule has 1 aliphatic heterocycles. The summed E-state index contributed by atoms with van der Waals surface area (Å²) in [5.74, 6) is 0.660. The Kier molecular flexibility index (Phi) is 6.07. The van der Waals surface area contributed by atoms with Crippen LogP contribution in [0.5, 0.6) is 0 Å². The number of nitrogens with zero attached hydrogens (tertiary/aromatic N) is 2. The average Bonchev–Trinajstić information content (AvgIpc) is 3.16. The molecule has 1 atom stereocenters. The van der Waals surface area contributed by atoms with Crippen LogP contribution < -0.4 is 5.32 Å². The first-order valence-electron chi connectivity index (χ1n) is 9.29. The molecule has 24 heavy (non-hydrogen) atoms. The van der Waals surface area contributed by atoms with Gasteiger partial charge in [-0.1, -0.05) is 18.9 Å². The second kappa shape index (κ2) is 8.47. The Bertz CT molecular complexity index is 509. The van der Waals surface area contributed by atoms with Gasteiger partial charge < -0.3 is 15.0 Å². The largest absolute Gasteiger partial charge is 0.372 e. The highest BCUT2D eigenvalue weighted by atomic mass is 16.5. The van der Waals surface area contributed by atoms with Crippen molar-refractivity contribution in [2.24, 2.45) is 5.92 Å². The minimum absolute atomic E-state index is 0.0950. The fraction of sp³-hybridized carbons (Fsp3) is 0.684. The van der Waals surface area contributed by atoms with Crippen LogP contribution in [0.15, 0.2) is 24.4 Å². The van der Waals surface area contributed by atoms with E-state index in [4.69, 9.17) is 4.74 Å². The SMILES string of the molecule is CC(NC(=O)N1CCC(OCc2ccccn2)CC1)C1CCCC1. The molecule has 1 N–H and O–H groups in total. The molecule has 0 aromatic carbocycles. The number of amides is 2. The number of likely N-dealkylation sites (tertiary alicyclic amines) is 1. The van der Waals surface area contributed by atoms with Gasteiger partial charge in [-0.15, -0.1) is 0 Å². The van der Waals surface area contributed by atoms with Gasteiger partial charge in [-0.2, -0.15) is 0 Å². The molecule has 1 unspecified atom stereocenters. The van der Waals surface area contributed by atoms with Gasteiger partial charge in [-0.3, -0.25) is 4.98 Å². The molecular formula is C19H29N3O2. The molecule has 5 nitrogen and oxygen atoms in total. The van der Waals surface area contributed by atoms with Crippen molar-refractivity contribution in [3.63, 3.8) is 0 Å². The number of aromatic nitrogens is 1. The lowest BCUT2D eigenvalue weighted by Gasteiger charge is -2.33. The number of urea groups is 1. The lowest BCUT2D eigenvalue weighted by atomic mass is 10.00. The van der Waals surface area contributed by atoms with Crippen LogP contribution in [0.4, 0.5) is 4.79 Å². The maximum Gasteiger partial charge on any atom is 0.317 e. The summed E-state index contributed by atoms with van der Waals surface area (Å²) < 4.78 is 5.94. The fourth-order valence-corrected chi connectivity index (χ4v) is 3.77. The van der Waals surface area contributed by atoms with E-state index in [9.17, 15) is 4.79 Å². The Hall–Kier alpha value is -1.62. The summed E-state index contributed by atoms with van der Waals surface area (Å²) in [4.78, 5) is 18.6. The second-order valence-electron chi connectivity index (χ2n) is 7.10. The van der Waals surface area contributed by atoms with Gasteiger partial charge in [-0.25, -0.2) is 4.79 Å². The van der Waals surface area contributed by atoms with Crippen LogP contribution in [0.2, 0.25) is 0 Å². The average molecular weight is 331 g/mol. The van der Waals surface area contributed by atoms with E-state index in [1.54, 1.807) is 6.20 Å². The molecule has 0 radical (unpaired) electrons. The van der Waals surface area contributed by atoms with Crippen molar-refractivity contribution < 1.29 is 9.53 Å². The quantitative estimate of drug-likeness (QED) is 0.900. The molecule has 0 spiro atoms. The number of nitrogens with one attached hydrogen (secondary N) is 1. The number of piperidine rings is 1. The maximum atomic E-state index is 12.4. The van der Waals surface area contributed by atoms with Gasteiger partial charge in [0.1, 0.15) is 0 Å². The monoisotopic (exact) mass is 331 g/mol. The number of ether oxygens (including phenoxy) is 1. The molecule has 2 fully saturated rings. The van der Waals surface area contributed by atoms with Gasteiger partial charge in [0, 0.05) is 25.3 Å². The summed E-state index contributed by atoms with van der Waals surface area (Å²) >= 11 is 0. The van der Waals surface area contributed by atoms with Gasteiger partial charge in [0.05, 0.1) is 18.4 Å². The minimum Gasteiger partial charge on any atom is -0.372 e. The predicted molar refractivity (Wildman–Crippen MR) is 93.6 cm³/mol. The van der Waals surface area contributed by atoms with Crippen LogP contribution in [-0.2, 0) is 11.3 Å². The van der Waals surface area contributed by atoms with E-state index in [0.717, 1.165) is 31.6 Å². The highest BCUT2D eigenvalue weighted by Gasteiger charge is 2.27. The number of carbonyl (C=O) groups excluding carboxylic acids is 1. The van der Waals surface area contributed by atoms with Crippen LogP contribution in [0.3, 0.4) is 0 Å². The van der Waals surface area contributed by atoms with Crippen molar-refractivity contribution in [2.45, 2.75) is 64.2 Å². The molecule has 2 heterocycles. The number of pyridine rings is 1. The normalized spacial score (nSPS) is 21.0. The van der Waals surface area contributed by atoms with Gasteiger partial charge in [0.2, 0.25) is 0 Å². The molecule has 2 amide bonds. The number of hydrogen-bond acceptors (Lipinski definition) is 3. The van der Waals surface area contributed by atoms with Crippen molar-refractivity contribution in [1.29, 1.82) is 0 Å². The highest BCUT2D eigenvalue weighted by molar-refractivity contribution is 5.74. The van der Waals surface area contributed by atoms with Crippen molar-refractivity contribution in [3.8, 4) is 0 Å². The lowest BCUT2D eigenvalue weighted by Crippen LogP contribution is -2.49. The van der Waals surface area contributed by atoms with E-state index in [1.807, 2.05) is 23.1 Å². The predicted octanol–water partition coefficient (Wildman–Crippen LogP) is 3.35. The molecule has 132 valence electrons. The van der Waals surface area contributed by atoms with Crippen molar-refractivity contribution in [2.75, 3.05) is 13.1 Å². The molecule has 1 aliphatic carbocycles. The van der Waals surface area contributed by atoms with Crippen molar-refractivity contribution >= 4 is 6.03 Å². The van der Waals surface area contributed by atoms with Gasteiger partial charge in [-0.05, 0) is 50.7 Å². The molecule has 2 aliphatic rings. The summed E-state index contributed by atoms with van der Waals surface area (Å²) in [5.41, 5.74) is 0.961. The first-order chi connectivity index (χ1) is 11.7. The van der Waals surface area contributed by atoms with Crippen LogP contribution in [0, 0.1) is 5.92 Å². The van der Waals surface area contributed by atoms with Crippen LogP contribution in [0.25, 0.3) is 0 Å². The van der Waals surface area contributed by atoms with E-state index in [0.29, 0.717) is 12.5 Å². The number of hydrogen-bond donors (Lipinski definition) is 1. The van der Waals surface area contributed by atoms with E-state index in [2.05, 4.69) is 17.2 Å². The smallest absolute Gasteiger partial charge is 0.317 e. The Balaban J connectivity index is 1.37. The summed E-state index contributed by atoms with van der Waals surface area (Å²) in [7, 11) is 0. The first-order valence-corrected chi connectivity index (χ1v) is 9.29. The summed E-state index contributed by atoms with van der Waals surface area (Å²) in [5, 5.41) is 3.20. The lowest BCUT2D eigenvalue weighted by molar-refractivity contribution is 0.00282. The number of rotatable bonds is 5. The standard InChI is InChI=1S/C19H29N3O2/c1-15(16-6-2-3-7-16)21-19(23)22-12-9-18(10-13-22)24-14-17-8-4-5-11-20-17/h4-5,8,11,15-16,18H,2-3,6-7,9-10,12-14H2,1H3,(H,21,23). The highest BCUT2D eigenvalue weighted by Crippen LogP contribution is 2.27. The van der Waals surface area contributed by atoms with E-state index in [1.165, 1.54) is 25.7 Å². The van der Waals surface area contributed by atoms with E-state index < -0.39 is 0 Å². The molecule has 1 saturated heterocycles. The van der Waals surface area contributed by atoms with E-state index >= 15 is 0 Å². The van der Waals surface area contributed by atoms with Crippen molar-refractivity contribution in [1.82, 2.24) is 15.2 Å². The minimum atomic E-state index is 0.0950. The Morgan fingerprint density at radius 1 is 1.29 bits per heavy atom. The topological polar surface area (TPSA) is 54.5 Å². The van der Waals surface area contributed by atoms with Gasteiger partial charge in [0.15, 0.2) is 0 Å². The molecule has 1 aromatic rings. The third-order valence-electron chi connectivity index (χ3n) is 5.38. The number of carbonyl (C=O) groups is 1. The first kappa shape index (κ1) is 17.2. The summed E-state index contributed by atoms with van der Waals surface area (Å²) in [6.07, 6.45) is 8.94. The summed E-state index contributed by atoms with van der Waals surface area (Å²) in [6.45, 7) is 4.25. The molecule has 1 aromatic heterocycles. The Morgan fingerprint density at radius 2 is 2.04 bits per heavy atom. The molecular weight excluding hydrogens is 302 g/mol. The third kappa shape index (κ3) is 4.69. The van der Waals surface area contributed by atoms with Crippen LogP contribution in [-0.4, -0.2) is 41.2 Å². The van der Waals surface area contributed by atoms with Crippen molar-refractivity contribution in [3.05, 3.63) is 30.1 Å². The zero-order valence-electron chi connectivity index (χ0n) is 14.6. The van der Waals surface area contributed by atoms with E-state index in [-0.39, 0.29) is 18.2 Å². The molecule has 3 rings (SSSR count). The third-order valence-corrected chi connectivity index (χ3v) is 5.38. The Morgan fingerprint density at radius 3 is 2.71 bits per heavy atom. The molecule has 5 heteroatoms. The Labute approximate surface area is 144 Å². The second-order valence-corrected chi connectivity index (χ2v) is 7.10. The molecule has 0 bridgehead atoms. The van der Waals surface area contributed by atoms with Gasteiger partial charge in [0.25, 0.3) is 0 Å². The van der Waals surface area contributed by atoms with Gasteiger partial charge >= 0.3 is 6.03 Å². The van der Waals surface area contributed by atoms with Crippen LogP contribution >= 0.6 is 0 Å². The van der Waals surface area contributed by atoms with Crippen LogP contribution in [0.1, 0.15) is 51.1 Å². The maximum absolute atomic E-state index is 12.4. The zero-order chi connectivity index (χ0) is 16.8. The zero-order valence-corrected chi connectivity index (χ0v) is 14.6. The molecule has 1 saturated carbocycles. The fourth-order valence-electron chi connectivity index (χ4n) is 3.77.